The third-order valence-electron chi connectivity index (χ3n) is 2.50. The first kappa shape index (κ1) is 11.6. The summed E-state index contributed by atoms with van der Waals surface area (Å²) in [4.78, 5) is 8.61. The minimum absolute atomic E-state index is 0.804. The van der Waals surface area contributed by atoms with Gasteiger partial charge in [0.05, 0.1) is 5.69 Å². The van der Waals surface area contributed by atoms with Gasteiger partial charge >= 0.3 is 0 Å². The quantitative estimate of drug-likeness (QED) is 0.807. The number of rotatable bonds is 3. The molecule has 0 bridgehead atoms. The van der Waals surface area contributed by atoms with Gasteiger partial charge in [-0.2, -0.15) is 0 Å². The molecule has 2 heterocycles. The molecule has 0 N–H and O–H groups in total. The first-order valence-corrected chi connectivity index (χ1v) is 5.76. The molecular weight excluding hydrogens is 212 g/mol. The first-order valence-electron chi connectivity index (χ1n) is 5.76. The molecule has 0 atom stereocenters. The van der Waals surface area contributed by atoms with E-state index in [0.717, 1.165) is 35.0 Å². The van der Waals surface area contributed by atoms with Crippen LogP contribution in [0.1, 0.15) is 24.0 Å². The highest BCUT2D eigenvalue weighted by atomic mass is 16.5. The molecule has 0 aliphatic rings. The molecule has 2 rings (SSSR count). The normalized spacial score (nSPS) is 10.3. The van der Waals surface area contributed by atoms with Crippen molar-refractivity contribution in [3.8, 4) is 11.5 Å². The Kier molecular flexibility index (Phi) is 3.38. The Morgan fingerprint density at radius 1 is 1.12 bits per heavy atom. The average Bonchev–Trinajstić information content (AvgIpc) is 2.31. The average molecular weight is 228 g/mol. The summed E-state index contributed by atoms with van der Waals surface area (Å²) in [5.41, 5.74) is 2.94. The van der Waals surface area contributed by atoms with E-state index in [-0.39, 0.29) is 0 Å². The minimum Gasteiger partial charge on any atom is -0.455 e. The summed E-state index contributed by atoms with van der Waals surface area (Å²) < 4.78 is 5.83. The Balaban J connectivity index is 2.29. The fourth-order valence-electron chi connectivity index (χ4n) is 1.65. The lowest BCUT2D eigenvalue weighted by atomic mass is 10.2. The molecule has 0 fully saturated rings. The van der Waals surface area contributed by atoms with Crippen molar-refractivity contribution in [1.29, 1.82) is 0 Å². The fraction of sp³-hybridized carbons (Fsp3) is 0.286. The Hall–Kier alpha value is -1.90. The molecule has 0 saturated heterocycles. The van der Waals surface area contributed by atoms with E-state index in [1.165, 1.54) is 0 Å². The molecule has 0 spiro atoms. The summed E-state index contributed by atoms with van der Waals surface area (Å²) >= 11 is 0. The summed E-state index contributed by atoms with van der Waals surface area (Å²) in [6.07, 6.45) is 2.61. The third-order valence-corrected chi connectivity index (χ3v) is 2.50. The van der Waals surface area contributed by atoms with Crippen molar-refractivity contribution in [1.82, 2.24) is 9.97 Å². The molecule has 88 valence electrons. The van der Waals surface area contributed by atoms with Crippen LogP contribution < -0.4 is 4.74 Å². The smallest absolute Gasteiger partial charge is 0.148 e. The standard InChI is InChI=1S/C14H16N2O/c1-4-13-14(6-5-10(2)16-13)17-12-7-8-15-11(3)9-12/h5-9H,4H2,1-3H3. The lowest BCUT2D eigenvalue weighted by Crippen LogP contribution is -1.96. The van der Waals surface area contributed by atoms with Crippen LogP contribution in [0.2, 0.25) is 0 Å². The van der Waals surface area contributed by atoms with Gasteiger partial charge in [0.1, 0.15) is 11.5 Å². The van der Waals surface area contributed by atoms with E-state index < -0.39 is 0 Å². The second-order valence-electron chi connectivity index (χ2n) is 3.99. The van der Waals surface area contributed by atoms with E-state index in [9.17, 15) is 0 Å². The van der Waals surface area contributed by atoms with Gasteiger partial charge in [0.2, 0.25) is 0 Å². The van der Waals surface area contributed by atoms with Gasteiger partial charge in [0, 0.05) is 23.7 Å². The molecule has 2 aromatic heterocycles. The predicted octanol–water partition coefficient (Wildman–Crippen LogP) is 3.45. The van der Waals surface area contributed by atoms with E-state index >= 15 is 0 Å². The lowest BCUT2D eigenvalue weighted by Gasteiger charge is -2.10. The maximum Gasteiger partial charge on any atom is 0.148 e. The zero-order chi connectivity index (χ0) is 12.3. The highest BCUT2D eigenvalue weighted by Gasteiger charge is 2.05. The van der Waals surface area contributed by atoms with E-state index in [1.54, 1.807) is 6.20 Å². The van der Waals surface area contributed by atoms with Crippen molar-refractivity contribution in [3.05, 3.63) is 47.5 Å². The van der Waals surface area contributed by atoms with Crippen LogP contribution in [0.25, 0.3) is 0 Å². The molecule has 0 aromatic carbocycles. The van der Waals surface area contributed by atoms with E-state index in [2.05, 4.69) is 16.9 Å². The number of pyridine rings is 2. The summed E-state index contributed by atoms with van der Waals surface area (Å²) in [6, 6.07) is 7.70. The van der Waals surface area contributed by atoms with Gasteiger partial charge in [-0.1, -0.05) is 6.92 Å². The van der Waals surface area contributed by atoms with Crippen molar-refractivity contribution in [2.75, 3.05) is 0 Å². The summed E-state index contributed by atoms with van der Waals surface area (Å²) in [5.74, 6) is 1.63. The molecule has 0 aliphatic carbocycles. The van der Waals surface area contributed by atoms with Gasteiger partial charge in [-0.15, -0.1) is 0 Å². The van der Waals surface area contributed by atoms with E-state index in [0.29, 0.717) is 0 Å². The van der Waals surface area contributed by atoms with Crippen LogP contribution in [0.15, 0.2) is 30.5 Å². The van der Waals surface area contributed by atoms with Crippen LogP contribution in [-0.4, -0.2) is 9.97 Å². The van der Waals surface area contributed by atoms with Gasteiger partial charge in [-0.25, -0.2) is 0 Å². The highest BCUT2D eigenvalue weighted by molar-refractivity contribution is 5.35. The fourth-order valence-corrected chi connectivity index (χ4v) is 1.65. The van der Waals surface area contributed by atoms with Crippen molar-refractivity contribution >= 4 is 0 Å². The Bertz CT molecular complexity index is 523. The minimum atomic E-state index is 0.804. The molecule has 3 nitrogen and oxygen atoms in total. The number of hydrogen-bond acceptors (Lipinski definition) is 3. The molecule has 3 heteroatoms. The van der Waals surface area contributed by atoms with E-state index in [1.807, 2.05) is 38.1 Å². The summed E-state index contributed by atoms with van der Waals surface area (Å²) in [5, 5.41) is 0. The SMILES string of the molecule is CCc1nc(C)ccc1Oc1ccnc(C)c1. The van der Waals surface area contributed by atoms with Gasteiger partial charge in [-0.05, 0) is 38.5 Å². The zero-order valence-electron chi connectivity index (χ0n) is 10.4. The van der Waals surface area contributed by atoms with Crippen LogP contribution in [0, 0.1) is 13.8 Å². The summed E-state index contributed by atoms with van der Waals surface area (Å²) in [7, 11) is 0. The van der Waals surface area contributed by atoms with Crippen molar-refractivity contribution in [3.63, 3.8) is 0 Å². The maximum atomic E-state index is 5.83. The Morgan fingerprint density at radius 3 is 2.65 bits per heavy atom. The number of aryl methyl sites for hydroxylation is 3. The highest BCUT2D eigenvalue weighted by Crippen LogP contribution is 2.24. The topological polar surface area (TPSA) is 35.0 Å². The Labute approximate surface area is 102 Å². The first-order chi connectivity index (χ1) is 8.19. The van der Waals surface area contributed by atoms with Crippen molar-refractivity contribution in [2.24, 2.45) is 0 Å². The number of aromatic nitrogens is 2. The number of hydrogen-bond donors (Lipinski definition) is 0. The molecule has 0 saturated carbocycles. The van der Waals surface area contributed by atoms with Gasteiger partial charge in [0.25, 0.3) is 0 Å². The number of ether oxygens (including phenoxy) is 1. The monoisotopic (exact) mass is 228 g/mol. The van der Waals surface area contributed by atoms with Crippen molar-refractivity contribution in [2.45, 2.75) is 27.2 Å². The van der Waals surface area contributed by atoms with E-state index in [4.69, 9.17) is 4.74 Å². The summed E-state index contributed by atoms with van der Waals surface area (Å²) in [6.45, 7) is 6.01. The zero-order valence-corrected chi connectivity index (χ0v) is 10.4. The van der Waals surface area contributed by atoms with Gasteiger partial charge < -0.3 is 4.74 Å². The van der Waals surface area contributed by atoms with Crippen LogP contribution in [0.4, 0.5) is 0 Å². The molecule has 0 aliphatic heterocycles. The molecule has 17 heavy (non-hydrogen) atoms. The largest absolute Gasteiger partial charge is 0.455 e. The molecule has 0 radical (unpaired) electrons. The van der Waals surface area contributed by atoms with Crippen LogP contribution >= 0.6 is 0 Å². The van der Waals surface area contributed by atoms with Gasteiger partial charge in [-0.3, -0.25) is 9.97 Å². The lowest BCUT2D eigenvalue weighted by molar-refractivity contribution is 0.471. The molecular formula is C14H16N2O. The maximum absolute atomic E-state index is 5.83. The Morgan fingerprint density at radius 2 is 1.94 bits per heavy atom. The van der Waals surface area contributed by atoms with Crippen molar-refractivity contribution < 1.29 is 4.74 Å². The molecule has 0 amide bonds. The second kappa shape index (κ2) is 4.95. The van der Waals surface area contributed by atoms with Crippen LogP contribution in [-0.2, 0) is 6.42 Å². The second-order valence-corrected chi connectivity index (χ2v) is 3.99. The molecule has 0 unspecified atom stereocenters. The van der Waals surface area contributed by atoms with Crippen LogP contribution in [0.3, 0.4) is 0 Å². The predicted molar refractivity (Wildman–Crippen MR) is 67.4 cm³/mol. The van der Waals surface area contributed by atoms with Crippen LogP contribution in [0.5, 0.6) is 11.5 Å². The third kappa shape index (κ3) is 2.81. The number of nitrogens with zero attached hydrogens (tertiary/aromatic N) is 2. The van der Waals surface area contributed by atoms with Gasteiger partial charge in [0.15, 0.2) is 0 Å². The molecule has 2 aromatic rings.